The summed E-state index contributed by atoms with van der Waals surface area (Å²) in [4.78, 5) is 24.1. The van der Waals surface area contributed by atoms with Crippen molar-refractivity contribution in [2.24, 2.45) is 0 Å². The van der Waals surface area contributed by atoms with Crippen LogP contribution in [0.5, 0.6) is 0 Å². The van der Waals surface area contributed by atoms with Gasteiger partial charge in [-0.25, -0.2) is 4.79 Å². The third-order valence-electron chi connectivity index (χ3n) is 3.09. The van der Waals surface area contributed by atoms with E-state index in [-0.39, 0.29) is 12.5 Å². The predicted molar refractivity (Wildman–Crippen MR) is 89.7 cm³/mol. The fourth-order valence-electron chi connectivity index (χ4n) is 2.06. The summed E-state index contributed by atoms with van der Waals surface area (Å²) in [6.45, 7) is 1.42. The largest absolute Gasteiger partial charge is 0.455 e. The Balaban J connectivity index is 1.62. The number of hydrogen-bond donors (Lipinski definition) is 1. The van der Waals surface area contributed by atoms with Gasteiger partial charge in [-0.05, 0) is 29.6 Å². The van der Waals surface area contributed by atoms with Crippen molar-refractivity contribution in [2.45, 2.75) is 13.5 Å². The highest BCUT2D eigenvalue weighted by Gasteiger charge is 2.12. The van der Waals surface area contributed by atoms with Crippen molar-refractivity contribution in [3.8, 4) is 10.6 Å². The number of carbonyl (C=O) groups is 2. The third-order valence-corrected chi connectivity index (χ3v) is 3.98. The first-order valence-corrected chi connectivity index (χ1v) is 8.04. The molecule has 1 N–H and O–H groups in total. The van der Waals surface area contributed by atoms with Crippen molar-refractivity contribution in [1.82, 2.24) is 5.16 Å². The van der Waals surface area contributed by atoms with E-state index in [1.807, 2.05) is 17.5 Å². The van der Waals surface area contributed by atoms with Gasteiger partial charge < -0.3 is 14.6 Å². The number of rotatable bonds is 5. The zero-order valence-electron chi connectivity index (χ0n) is 12.8. The maximum absolute atomic E-state index is 12.1. The van der Waals surface area contributed by atoms with Gasteiger partial charge in [-0.1, -0.05) is 17.3 Å². The summed E-state index contributed by atoms with van der Waals surface area (Å²) >= 11 is 1.54. The van der Waals surface area contributed by atoms with Gasteiger partial charge in [0.15, 0.2) is 5.76 Å². The molecule has 6 nitrogen and oxygen atoms in total. The Labute approximate surface area is 142 Å². The van der Waals surface area contributed by atoms with E-state index in [1.54, 1.807) is 41.7 Å². The summed E-state index contributed by atoms with van der Waals surface area (Å²) in [6, 6.07) is 12.1. The minimum Gasteiger partial charge on any atom is -0.455 e. The lowest BCUT2D eigenvalue weighted by molar-refractivity contribution is -0.114. The highest BCUT2D eigenvalue weighted by Crippen LogP contribution is 2.25. The van der Waals surface area contributed by atoms with Crippen molar-refractivity contribution < 1.29 is 18.8 Å². The zero-order chi connectivity index (χ0) is 16.9. The molecule has 0 aliphatic carbocycles. The first-order valence-electron chi connectivity index (χ1n) is 7.16. The van der Waals surface area contributed by atoms with Crippen LogP contribution in [0.1, 0.15) is 23.0 Å². The normalized spacial score (nSPS) is 10.4. The lowest BCUT2D eigenvalue weighted by Crippen LogP contribution is -2.09. The summed E-state index contributed by atoms with van der Waals surface area (Å²) in [5.74, 6) is -0.0594. The van der Waals surface area contributed by atoms with E-state index in [0.717, 1.165) is 4.88 Å². The summed E-state index contributed by atoms with van der Waals surface area (Å²) in [7, 11) is 0. The van der Waals surface area contributed by atoms with Crippen LogP contribution >= 0.6 is 11.3 Å². The van der Waals surface area contributed by atoms with Gasteiger partial charge in [0.25, 0.3) is 0 Å². The number of amides is 1. The van der Waals surface area contributed by atoms with Gasteiger partial charge in [0, 0.05) is 18.7 Å². The molecule has 0 unspecified atom stereocenters. The molecule has 0 atom stereocenters. The number of aromatic nitrogens is 1. The second kappa shape index (κ2) is 7.10. The molecule has 3 aromatic rings. The quantitative estimate of drug-likeness (QED) is 0.715. The fraction of sp³-hybridized carbons (Fsp3) is 0.118. The fourth-order valence-corrected chi connectivity index (χ4v) is 2.74. The van der Waals surface area contributed by atoms with Gasteiger partial charge in [0.05, 0.1) is 10.4 Å². The van der Waals surface area contributed by atoms with Crippen LogP contribution in [0.15, 0.2) is 52.4 Å². The highest BCUT2D eigenvalue weighted by molar-refractivity contribution is 7.13. The maximum Gasteiger partial charge on any atom is 0.338 e. The molecule has 24 heavy (non-hydrogen) atoms. The van der Waals surface area contributed by atoms with E-state index >= 15 is 0 Å². The summed E-state index contributed by atoms with van der Waals surface area (Å²) in [6.07, 6.45) is 0. The van der Waals surface area contributed by atoms with Gasteiger partial charge in [-0.15, -0.1) is 11.3 Å². The molecule has 2 heterocycles. The van der Waals surface area contributed by atoms with Crippen LogP contribution in [0.3, 0.4) is 0 Å². The van der Waals surface area contributed by atoms with Crippen LogP contribution in [0.25, 0.3) is 10.6 Å². The second-order valence-corrected chi connectivity index (χ2v) is 5.95. The number of benzene rings is 1. The molecule has 3 rings (SSSR count). The smallest absolute Gasteiger partial charge is 0.338 e. The topological polar surface area (TPSA) is 81.4 Å². The SMILES string of the molecule is CC(=O)Nc1cccc(C(=O)OCc2cc(-c3cccs3)on2)c1. The highest BCUT2D eigenvalue weighted by atomic mass is 32.1. The number of nitrogens with one attached hydrogen (secondary N) is 1. The maximum atomic E-state index is 12.1. The van der Waals surface area contributed by atoms with Crippen LogP contribution in [0.4, 0.5) is 5.69 Å². The minimum atomic E-state index is -0.497. The molecule has 0 fully saturated rings. The van der Waals surface area contributed by atoms with E-state index in [9.17, 15) is 9.59 Å². The molecule has 0 saturated carbocycles. The van der Waals surface area contributed by atoms with Gasteiger partial charge in [-0.3, -0.25) is 4.79 Å². The zero-order valence-corrected chi connectivity index (χ0v) is 13.6. The number of carbonyl (C=O) groups excluding carboxylic acids is 2. The number of esters is 1. The molecule has 0 aliphatic rings. The Morgan fingerprint density at radius 1 is 1.25 bits per heavy atom. The molecule has 122 valence electrons. The molecule has 0 bridgehead atoms. The Bertz CT molecular complexity index is 855. The standard InChI is InChI=1S/C17H14N2O4S/c1-11(20)18-13-5-2-4-12(8-13)17(21)22-10-14-9-15(23-19-14)16-6-3-7-24-16/h2-9H,10H2,1H3,(H,18,20). The average Bonchev–Trinajstić information content (AvgIpc) is 3.23. The van der Waals surface area contributed by atoms with Crippen molar-refractivity contribution in [3.05, 3.63) is 59.1 Å². The Kier molecular flexibility index (Phi) is 4.72. The van der Waals surface area contributed by atoms with E-state index in [4.69, 9.17) is 9.26 Å². The molecule has 1 amide bonds. The van der Waals surface area contributed by atoms with Crippen LogP contribution < -0.4 is 5.32 Å². The van der Waals surface area contributed by atoms with Crippen molar-refractivity contribution >= 4 is 28.9 Å². The second-order valence-electron chi connectivity index (χ2n) is 5.00. The van der Waals surface area contributed by atoms with Gasteiger partial charge in [-0.2, -0.15) is 0 Å². The summed E-state index contributed by atoms with van der Waals surface area (Å²) in [5.41, 5.74) is 1.42. The van der Waals surface area contributed by atoms with E-state index in [0.29, 0.717) is 22.7 Å². The molecular formula is C17H14N2O4S. The Hall–Kier alpha value is -2.93. The molecule has 0 spiro atoms. The van der Waals surface area contributed by atoms with E-state index in [2.05, 4.69) is 10.5 Å². The van der Waals surface area contributed by atoms with Crippen molar-refractivity contribution in [2.75, 3.05) is 5.32 Å². The van der Waals surface area contributed by atoms with Crippen molar-refractivity contribution in [1.29, 1.82) is 0 Å². The lowest BCUT2D eigenvalue weighted by Gasteiger charge is -2.05. The number of anilines is 1. The van der Waals surface area contributed by atoms with E-state index in [1.165, 1.54) is 6.92 Å². The number of thiophene rings is 1. The van der Waals surface area contributed by atoms with Crippen LogP contribution in [0, 0.1) is 0 Å². The van der Waals surface area contributed by atoms with E-state index < -0.39 is 5.97 Å². The van der Waals surface area contributed by atoms with Gasteiger partial charge in [0.2, 0.25) is 5.91 Å². The van der Waals surface area contributed by atoms with Crippen molar-refractivity contribution in [3.63, 3.8) is 0 Å². The Morgan fingerprint density at radius 3 is 2.88 bits per heavy atom. The number of ether oxygens (including phenoxy) is 1. The molecule has 2 aromatic heterocycles. The summed E-state index contributed by atoms with van der Waals surface area (Å²) in [5, 5.41) is 8.46. The predicted octanol–water partition coefficient (Wildman–Crippen LogP) is 3.72. The average molecular weight is 342 g/mol. The minimum absolute atomic E-state index is 0.0120. The first kappa shape index (κ1) is 15.9. The van der Waals surface area contributed by atoms with Crippen LogP contribution in [0.2, 0.25) is 0 Å². The van der Waals surface area contributed by atoms with Gasteiger partial charge in [0.1, 0.15) is 12.3 Å². The van der Waals surface area contributed by atoms with Gasteiger partial charge >= 0.3 is 5.97 Å². The summed E-state index contributed by atoms with van der Waals surface area (Å²) < 4.78 is 10.5. The molecule has 1 aromatic carbocycles. The molecule has 0 aliphatic heterocycles. The molecule has 0 radical (unpaired) electrons. The first-order chi connectivity index (χ1) is 11.6. The van der Waals surface area contributed by atoms with Crippen LogP contribution in [-0.4, -0.2) is 17.0 Å². The lowest BCUT2D eigenvalue weighted by atomic mass is 10.2. The molecular weight excluding hydrogens is 328 g/mol. The van der Waals surface area contributed by atoms with Crippen LogP contribution in [-0.2, 0) is 16.1 Å². The third kappa shape index (κ3) is 3.88. The molecule has 0 saturated heterocycles. The molecule has 7 heteroatoms. The number of nitrogens with zero attached hydrogens (tertiary/aromatic N) is 1. The monoisotopic (exact) mass is 342 g/mol. The Morgan fingerprint density at radius 2 is 2.12 bits per heavy atom. The number of hydrogen-bond acceptors (Lipinski definition) is 6.